The molecule has 2 rings (SSSR count). The van der Waals surface area contributed by atoms with Crippen LogP contribution in [0.4, 0.5) is 8.78 Å². The highest BCUT2D eigenvalue weighted by molar-refractivity contribution is 5.79. The van der Waals surface area contributed by atoms with Crippen molar-refractivity contribution in [2.24, 2.45) is 4.99 Å². The van der Waals surface area contributed by atoms with Gasteiger partial charge in [-0.15, -0.1) is 0 Å². The van der Waals surface area contributed by atoms with Crippen molar-refractivity contribution in [1.82, 2.24) is 10.6 Å². The summed E-state index contributed by atoms with van der Waals surface area (Å²) in [7, 11) is 3.08. The van der Waals surface area contributed by atoms with Gasteiger partial charge in [0.25, 0.3) is 0 Å². The minimum Gasteiger partial charge on any atom is -0.494 e. The van der Waals surface area contributed by atoms with E-state index >= 15 is 0 Å². The molecule has 0 bridgehead atoms. The van der Waals surface area contributed by atoms with Crippen molar-refractivity contribution in [3.05, 3.63) is 59.7 Å². The Balaban J connectivity index is 1.80. The van der Waals surface area contributed by atoms with E-state index in [1.807, 2.05) is 6.92 Å². The van der Waals surface area contributed by atoms with Crippen molar-refractivity contribution in [3.8, 4) is 11.5 Å². The number of nitrogens with one attached hydrogen (secondary N) is 2. The summed E-state index contributed by atoms with van der Waals surface area (Å²) in [5.41, 5.74) is 0.766. The van der Waals surface area contributed by atoms with Gasteiger partial charge in [-0.3, -0.25) is 4.99 Å². The van der Waals surface area contributed by atoms with Crippen molar-refractivity contribution in [3.63, 3.8) is 0 Å². The Morgan fingerprint density at radius 2 is 1.85 bits per heavy atom. The Hall–Kier alpha value is -2.83. The first-order chi connectivity index (χ1) is 12.5. The highest BCUT2D eigenvalue weighted by Gasteiger charge is 2.07. The summed E-state index contributed by atoms with van der Waals surface area (Å²) in [6, 6.07) is 10.6. The number of aliphatic imine (C=N–C) groups is 1. The third-order valence-electron chi connectivity index (χ3n) is 3.61. The predicted octanol–water partition coefficient (Wildman–Crippen LogP) is 3.11. The molecule has 26 heavy (non-hydrogen) atoms. The van der Waals surface area contributed by atoms with Gasteiger partial charge in [0.05, 0.1) is 13.7 Å². The Labute approximate surface area is 152 Å². The van der Waals surface area contributed by atoms with Gasteiger partial charge in [0.15, 0.2) is 17.5 Å². The Morgan fingerprint density at radius 1 is 1.12 bits per heavy atom. The molecule has 0 saturated carbocycles. The van der Waals surface area contributed by atoms with E-state index < -0.39 is 5.82 Å². The molecule has 0 aliphatic rings. The number of hydrogen-bond donors (Lipinski definition) is 2. The van der Waals surface area contributed by atoms with Crippen LogP contribution >= 0.6 is 0 Å². The maximum Gasteiger partial charge on any atom is 0.191 e. The lowest BCUT2D eigenvalue weighted by atomic mass is 10.2. The van der Waals surface area contributed by atoms with Gasteiger partial charge in [0.1, 0.15) is 17.7 Å². The van der Waals surface area contributed by atoms with Crippen molar-refractivity contribution in [2.75, 3.05) is 20.7 Å². The number of hydrogen-bond acceptors (Lipinski definition) is 3. The molecule has 0 saturated heterocycles. The highest BCUT2D eigenvalue weighted by Crippen LogP contribution is 2.17. The predicted molar refractivity (Wildman–Crippen MR) is 97.6 cm³/mol. The molecular weight excluding hydrogens is 340 g/mol. The fourth-order valence-corrected chi connectivity index (χ4v) is 2.25. The third-order valence-corrected chi connectivity index (χ3v) is 3.61. The minimum absolute atomic E-state index is 0.155. The highest BCUT2D eigenvalue weighted by atomic mass is 19.1. The van der Waals surface area contributed by atoms with Crippen LogP contribution < -0.4 is 20.1 Å². The van der Waals surface area contributed by atoms with Gasteiger partial charge in [-0.2, -0.15) is 0 Å². The zero-order valence-electron chi connectivity index (χ0n) is 15.1. The largest absolute Gasteiger partial charge is 0.494 e. The van der Waals surface area contributed by atoms with Gasteiger partial charge in [-0.1, -0.05) is 6.07 Å². The molecule has 0 aliphatic carbocycles. The average molecular weight is 363 g/mol. The van der Waals surface area contributed by atoms with E-state index in [0.717, 1.165) is 5.56 Å². The van der Waals surface area contributed by atoms with Crippen LogP contribution in [0.5, 0.6) is 11.5 Å². The zero-order valence-corrected chi connectivity index (χ0v) is 15.1. The zero-order chi connectivity index (χ0) is 18.9. The molecule has 0 aliphatic heterocycles. The van der Waals surface area contributed by atoms with Gasteiger partial charge in [-0.25, -0.2) is 8.78 Å². The van der Waals surface area contributed by atoms with Crippen LogP contribution in [0, 0.1) is 11.6 Å². The van der Waals surface area contributed by atoms with Crippen LogP contribution in [0.2, 0.25) is 0 Å². The summed E-state index contributed by atoms with van der Waals surface area (Å²) >= 11 is 0. The first kappa shape index (κ1) is 19.5. The van der Waals surface area contributed by atoms with E-state index in [4.69, 9.17) is 9.47 Å². The molecule has 0 heterocycles. The average Bonchev–Trinajstić information content (AvgIpc) is 2.64. The molecule has 0 radical (unpaired) electrons. The summed E-state index contributed by atoms with van der Waals surface area (Å²) in [4.78, 5) is 4.12. The summed E-state index contributed by atoms with van der Waals surface area (Å²) in [5, 5.41) is 6.23. The maximum absolute atomic E-state index is 13.7. The molecule has 5 nitrogen and oxygen atoms in total. The first-order valence-electron chi connectivity index (χ1n) is 8.21. The summed E-state index contributed by atoms with van der Waals surface area (Å²) in [6.45, 7) is 2.80. The van der Waals surface area contributed by atoms with Crippen LogP contribution in [0.15, 0.2) is 47.5 Å². The molecule has 2 aromatic carbocycles. The number of methoxy groups -OCH3 is 1. The van der Waals surface area contributed by atoms with Crippen LogP contribution in [-0.4, -0.2) is 32.8 Å². The SMILES string of the molecule is CN=C(NCc1ccc(OC)c(F)c1)NCC(C)Oc1ccc(F)cc1. The number of benzene rings is 2. The van der Waals surface area contributed by atoms with Gasteiger partial charge >= 0.3 is 0 Å². The Kier molecular flexibility index (Phi) is 7.20. The second kappa shape index (κ2) is 9.60. The number of rotatable bonds is 7. The van der Waals surface area contributed by atoms with Crippen LogP contribution in [0.3, 0.4) is 0 Å². The standard InChI is InChI=1S/C19H23F2N3O2/c1-13(26-16-7-5-15(20)6-8-16)11-23-19(22-2)24-12-14-4-9-18(25-3)17(21)10-14/h4-10,13H,11-12H2,1-3H3,(H2,22,23,24). The molecule has 0 amide bonds. The monoisotopic (exact) mass is 363 g/mol. The molecular formula is C19H23F2N3O2. The van der Waals surface area contributed by atoms with E-state index in [1.165, 1.54) is 25.3 Å². The number of guanidine groups is 1. The molecule has 2 aromatic rings. The van der Waals surface area contributed by atoms with Gasteiger partial charge < -0.3 is 20.1 Å². The lowest BCUT2D eigenvalue weighted by Gasteiger charge is -2.18. The minimum atomic E-state index is -0.406. The maximum atomic E-state index is 13.7. The van der Waals surface area contributed by atoms with Gasteiger partial charge in [-0.05, 0) is 48.9 Å². The fraction of sp³-hybridized carbons (Fsp3) is 0.316. The third kappa shape index (κ3) is 5.91. The quantitative estimate of drug-likeness (QED) is 0.586. The summed E-state index contributed by atoms with van der Waals surface area (Å²) in [5.74, 6) is 0.662. The Bertz CT molecular complexity index is 736. The normalized spacial score (nSPS) is 12.4. The van der Waals surface area contributed by atoms with E-state index in [1.54, 1.807) is 31.3 Å². The van der Waals surface area contributed by atoms with Crippen LogP contribution in [0.1, 0.15) is 12.5 Å². The number of nitrogens with zero attached hydrogens (tertiary/aromatic N) is 1. The van der Waals surface area contributed by atoms with Crippen molar-refractivity contribution >= 4 is 5.96 Å². The Morgan fingerprint density at radius 3 is 2.46 bits per heavy atom. The molecule has 2 N–H and O–H groups in total. The molecule has 1 atom stereocenters. The van der Waals surface area contributed by atoms with Crippen LogP contribution in [-0.2, 0) is 6.54 Å². The summed E-state index contributed by atoms with van der Waals surface area (Å²) < 4.78 is 37.2. The fourth-order valence-electron chi connectivity index (χ4n) is 2.25. The molecule has 7 heteroatoms. The molecule has 0 spiro atoms. The molecule has 0 aromatic heterocycles. The second-order valence-electron chi connectivity index (χ2n) is 5.66. The van der Waals surface area contributed by atoms with Crippen molar-refractivity contribution in [2.45, 2.75) is 19.6 Å². The van der Waals surface area contributed by atoms with Crippen molar-refractivity contribution < 1.29 is 18.3 Å². The lowest BCUT2D eigenvalue weighted by Crippen LogP contribution is -2.41. The van der Waals surface area contributed by atoms with E-state index in [9.17, 15) is 8.78 Å². The van der Waals surface area contributed by atoms with Crippen molar-refractivity contribution in [1.29, 1.82) is 0 Å². The lowest BCUT2D eigenvalue weighted by molar-refractivity contribution is 0.223. The topological polar surface area (TPSA) is 54.9 Å². The van der Waals surface area contributed by atoms with E-state index in [2.05, 4.69) is 15.6 Å². The smallest absolute Gasteiger partial charge is 0.191 e. The van der Waals surface area contributed by atoms with E-state index in [-0.39, 0.29) is 17.7 Å². The van der Waals surface area contributed by atoms with Gasteiger partial charge in [0.2, 0.25) is 0 Å². The van der Waals surface area contributed by atoms with E-state index in [0.29, 0.717) is 24.8 Å². The first-order valence-corrected chi connectivity index (χ1v) is 8.21. The number of ether oxygens (including phenoxy) is 2. The summed E-state index contributed by atoms with van der Waals surface area (Å²) in [6.07, 6.45) is -0.155. The van der Waals surface area contributed by atoms with Gasteiger partial charge in [0, 0.05) is 13.6 Å². The molecule has 1 unspecified atom stereocenters. The van der Waals surface area contributed by atoms with Crippen LogP contribution in [0.25, 0.3) is 0 Å². The second-order valence-corrected chi connectivity index (χ2v) is 5.66. The molecule has 0 fully saturated rings. The number of halogens is 2. The molecule has 140 valence electrons.